The van der Waals surface area contributed by atoms with E-state index in [1.54, 1.807) is 25.3 Å². The summed E-state index contributed by atoms with van der Waals surface area (Å²) in [6, 6.07) is 5.27. The maximum absolute atomic E-state index is 12.3. The van der Waals surface area contributed by atoms with E-state index in [1.807, 2.05) is 13.0 Å². The zero-order valence-electron chi connectivity index (χ0n) is 12.6. The summed E-state index contributed by atoms with van der Waals surface area (Å²) < 4.78 is 5.15. The summed E-state index contributed by atoms with van der Waals surface area (Å²) in [7, 11) is 1.55. The van der Waals surface area contributed by atoms with E-state index in [2.05, 4.69) is 16.4 Å². The molecule has 3 N–H and O–H groups in total. The maximum Gasteiger partial charge on any atom is 0.251 e. The van der Waals surface area contributed by atoms with Crippen LogP contribution in [0.4, 0.5) is 5.69 Å². The first-order valence-electron chi connectivity index (χ1n) is 7.25. The molecule has 5 nitrogen and oxygen atoms in total. The Morgan fingerprint density at radius 3 is 3.05 bits per heavy atom. The number of nitrogens with zero attached hydrogens (tertiary/aromatic N) is 1. The Labute approximate surface area is 125 Å². The Hall–Kier alpha value is -2.17. The lowest BCUT2D eigenvalue weighted by Crippen LogP contribution is -2.45. The molecule has 114 valence electrons. The van der Waals surface area contributed by atoms with Crippen LogP contribution in [0.1, 0.15) is 30.1 Å². The number of likely N-dealkylation sites (tertiary alicyclic amines) is 1. The van der Waals surface area contributed by atoms with Crippen molar-refractivity contribution in [3.63, 3.8) is 0 Å². The van der Waals surface area contributed by atoms with E-state index in [0.717, 1.165) is 25.9 Å². The SMILES string of the molecule is CC=CN1CCCC(NC(=O)c2ccc(N)c(OC)c2)C1. The van der Waals surface area contributed by atoms with Gasteiger partial charge in [-0.1, -0.05) is 6.08 Å². The second kappa shape index (κ2) is 7.02. The second-order valence-corrected chi connectivity index (χ2v) is 5.25. The first-order chi connectivity index (χ1) is 10.1. The van der Waals surface area contributed by atoms with Crippen molar-refractivity contribution in [3.05, 3.63) is 36.0 Å². The van der Waals surface area contributed by atoms with Crippen molar-refractivity contribution in [2.75, 3.05) is 25.9 Å². The first-order valence-corrected chi connectivity index (χ1v) is 7.25. The molecule has 2 rings (SSSR count). The molecule has 5 heteroatoms. The van der Waals surface area contributed by atoms with Crippen LogP contribution in [0.25, 0.3) is 0 Å². The van der Waals surface area contributed by atoms with Gasteiger partial charge in [-0.3, -0.25) is 4.79 Å². The van der Waals surface area contributed by atoms with Crippen molar-refractivity contribution in [3.8, 4) is 5.75 Å². The molecule has 1 fully saturated rings. The number of rotatable bonds is 4. The molecule has 0 spiro atoms. The van der Waals surface area contributed by atoms with Crippen LogP contribution in [0.3, 0.4) is 0 Å². The van der Waals surface area contributed by atoms with Gasteiger partial charge in [0.25, 0.3) is 5.91 Å². The average Bonchev–Trinajstić information content (AvgIpc) is 2.48. The lowest BCUT2D eigenvalue weighted by molar-refractivity contribution is 0.0916. The topological polar surface area (TPSA) is 67.6 Å². The van der Waals surface area contributed by atoms with Gasteiger partial charge in [0.2, 0.25) is 0 Å². The number of amides is 1. The molecule has 0 aromatic heterocycles. The molecule has 1 aliphatic heterocycles. The molecule has 21 heavy (non-hydrogen) atoms. The number of carbonyl (C=O) groups is 1. The van der Waals surface area contributed by atoms with E-state index >= 15 is 0 Å². The van der Waals surface area contributed by atoms with Crippen molar-refractivity contribution in [2.45, 2.75) is 25.8 Å². The van der Waals surface area contributed by atoms with E-state index in [4.69, 9.17) is 10.5 Å². The van der Waals surface area contributed by atoms with Crippen LogP contribution in [0, 0.1) is 0 Å². The molecule has 1 aromatic carbocycles. The molecule has 0 bridgehead atoms. The minimum absolute atomic E-state index is 0.0828. The minimum Gasteiger partial charge on any atom is -0.495 e. The van der Waals surface area contributed by atoms with E-state index in [-0.39, 0.29) is 11.9 Å². The normalized spacial score (nSPS) is 18.8. The van der Waals surface area contributed by atoms with Crippen LogP contribution in [0.2, 0.25) is 0 Å². The van der Waals surface area contributed by atoms with Gasteiger partial charge in [-0.2, -0.15) is 0 Å². The third-order valence-electron chi connectivity index (χ3n) is 3.64. The van der Waals surface area contributed by atoms with Crippen LogP contribution >= 0.6 is 0 Å². The highest BCUT2D eigenvalue weighted by molar-refractivity contribution is 5.95. The van der Waals surface area contributed by atoms with Crippen molar-refractivity contribution in [2.24, 2.45) is 0 Å². The molecule has 1 unspecified atom stereocenters. The number of piperidine rings is 1. The number of nitrogens with two attached hydrogens (primary N) is 1. The summed E-state index contributed by atoms with van der Waals surface area (Å²) in [6.07, 6.45) is 6.19. The van der Waals surface area contributed by atoms with Crippen molar-refractivity contribution >= 4 is 11.6 Å². The largest absolute Gasteiger partial charge is 0.495 e. The van der Waals surface area contributed by atoms with Gasteiger partial charge in [-0.15, -0.1) is 0 Å². The van der Waals surface area contributed by atoms with Gasteiger partial charge in [0.15, 0.2) is 0 Å². The second-order valence-electron chi connectivity index (χ2n) is 5.25. The molecular formula is C16H23N3O2. The van der Waals surface area contributed by atoms with Gasteiger partial charge >= 0.3 is 0 Å². The van der Waals surface area contributed by atoms with Gasteiger partial charge in [-0.05, 0) is 44.2 Å². The molecule has 1 amide bonds. The predicted molar refractivity (Wildman–Crippen MR) is 84.3 cm³/mol. The summed E-state index contributed by atoms with van der Waals surface area (Å²) in [5.41, 5.74) is 6.87. The molecule has 1 aromatic rings. The van der Waals surface area contributed by atoms with Gasteiger partial charge < -0.3 is 20.7 Å². The van der Waals surface area contributed by atoms with Crippen LogP contribution in [-0.4, -0.2) is 37.0 Å². The zero-order chi connectivity index (χ0) is 15.2. The summed E-state index contributed by atoms with van der Waals surface area (Å²) in [4.78, 5) is 14.5. The molecule has 1 heterocycles. The summed E-state index contributed by atoms with van der Waals surface area (Å²) in [5.74, 6) is 0.447. The number of nitrogens with one attached hydrogen (secondary N) is 1. The number of carbonyl (C=O) groups excluding carboxylic acids is 1. The van der Waals surface area contributed by atoms with Crippen LogP contribution < -0.4 is 15.8 Å². The van der Waals surface area contributed by atoms with Crippen molar-refractivity contribution < 1.29 is 9.53 Å². The monoisotopic (exact) mass is 289 g/mol. The number of hydrogen-bond acceptors (Lipinski definition) is 4. The van der Waals surface area contributed by atoms with E-state index in [0.29, 0.717) is 17.0 Å². The van der Waals surface area contributed by atoms with Crippen molar-refractivity contribution in [1.82, 2.24) is 10.2 Å². The number of allylic oxidation sites excluding steroid dienone is 1. The number of nitrogen functional groups attached to an aromatic ring is 1. The number of methoxy groups -OCH3 is 1. The molecule has 0 radical (unpaired) electrons. The fourth-order valence-electron chi connectivity index (χ4n) is 2.59. The standard InChI is InChI=1S/C16H23N3O2/c1-3-8-19-9-4-5-13(11-19)18-16(20)12-6-7-14(17)15(10-12)21-2/h3,6-8,10,13H,4-5,9,11,17H2,1-2H3,(H,18,20). The lowest BCUT2D eigenvalue weighted by Gasteiger charge is -2.32. The lowest BCUT2D eigenvalue weighted by atomic mass is 10.1. The van der Waals surface area contributed by atoms with Gasteiger partial charge in [0.05, 0.1) is 12.8 Å². The Morgan fingerprint density at radius 2 is 2.33 bits per heavy atom. The highest BCUT2D eigenvalue weighted by atomic mass is 16.5. The average molecular weight is 289 g/mol. The number of benzene rings is 1. The van der Waals surface area contributed by atoms with E-state index < -0.39 is 0 Å². The summed E-state index contributed by atoms with van der Waals surface area (Å²) >= 11 is 0. The van der Waals surface area contributed by atoms with Crippen LogP contribution in [0.15, 0.2) is 30.5 Å². The molecule has 1 atom stereocenters. The van der Waals surface area contributed by atoms with Crippen LogP contribution in [0.5, 0.6) is 5.75 Å². The Balaban J connectivity index is 2.00. The smallest absolute Gasteiger partial charge is 0.251 e. The molecule has 0 aliphatic carbocycles. The Morgan fingerprint density at radius 1 is 1.52 bits per heavy atom. The summed E-state index contributed by atoms with van der Waals surface area (Å²) in [5, 5.41) is 3.08. The quantitative estimate of drug-likeness (QED) is 0.832. The molecule has 0 saturated carbocycles. The Kier molecular flexibility index (Phi) is 5.09. The highest BCUT2D eigenvalue weighted by Gasteiger charge is 2.20. The number of hydrogen-bond donors (Lipinski definition) is 2. The van der Waals surface area contributed by atoms with E-state index in [9.17, 15) is 4.79 Å². The van der Waals surface area contributed by atoms with E-state index in [1.165, 1.54) is 0 Å². The predicted octanol–water partition coefficient (Wildman–Crippen LogP) is 2.01. The van der Waals surface area contributed by atoms with Gasteiger partial charge in [0.1, 0.15) is 5.75 Å². The molecular weight excluding hydrogens is 266 g/mol. The fraction of sp³-hybridized carbons (Fsp3) is 0.438. The van der Waals surface area contributed by atoms with Gasteiger partial charge in [-0.25, -0.2) is 0 Å². The third kappa shape index (κ3) is 3.90. The maximum atomic E-state index is 12.3. The fourth-order valence-corrected chi connectivity index (χ4v) is 2.59. The summed E-state index contributed by atoms with van der Waals surface area (Å²) in [6.45, 7) is 3.90. The zero-order valence-corrected chi connectivity index (χ0v) is 12.6. The van der Waals surface area contributed by atoms with Crippen molar-refractivity contribution in [1.29, 1.82) is 0 Å². The highest BCUT2D eigenvalue weighted by Crippen LogP contribution is 2.22. The van der Waals surface area contributed by atoms with Gasteiger partial charge in [0, 0.05) is 24.7 Å². The molecule has 1 aliphatic rings. The first kappa shape index (κ1) is 15.2. The van der Waals surface area contributed by atoms with Crippen LogP contribution in [-0.2, 0) is 0 Å². The Bertz CT molecular complexity index is 528. The minimum atomic E-state index is -0.0828. The number of ether oxygens (including phenoxy) is 1. The third-order valence-corrected chi connectivity index (χ3v) is 3.64. The molecule has 1 saturated heterocycles. The number of anilines is 1.